The lowest BCUT2D eigenvalue weighted by Gasteiger charge is -2.08. The topological polar surface area (TPSA) is 149 Å². The van der Waals surface area contributed by atoms with Crippen LogP contribution < -0.4 is 9.46 Å². The summed E-state index contributed by atoms with van der Waals surface area (Å²) < 4.78 is 32.3. The number of carboxylic acid groups (broad SMARTS) is 2. The van der Waals surface area contributed by atoms with Gasteiger partial charge in [-0.2, -0.15) is 0 Å². The van der Waals surface area contributed by atoms with Crippen LogP contribution >= 0.6 is 0 Å². The number of rotatable bonds is 9. The Hall–Kier alpha value is -3.67. The first-order valence-corrected chi connectivity index (χ1v) is 12.1. The molecule has 1 heterocycles. The van der Waals surface area contributed by atoms with Gasteiger partial charge in [0.15, 0.2) is 0 Å². The summed E-state index contributed by atoms with van der Waals surface area (Å²) in [5, 5.41) is 17.1. The molecule has 0 amide bonds. The number of nitrogens with zero attached hydrogens (tertiary/aromatic N) is 1. The molecule has 10 nitrogen and oxygen atoms in total. The van der Waals surface area contributed by atoms with Gasteiger partial charge in [-0.05, 0) is 67.5 Å². The van der Waals surface area contributed by atoms with Crippen LogP contribution in [0.5, 0.6) is 5.75 Å². The Kier molecular flexibility index (Phi) is 10.0. The third-order valence-corrected chi connectivity index (χ3v) is 5.92. The summed E-state index contributed by atoms with van der Waals surface area (Å²) in [4.78, 5) is 23.6. The number of ether oxygens (including phenoxy) is 1. The van der Waals surface area contributed by atoms with Crippen LogP contribution in [0.2, 0.25) is 0 Å². The number of methoxy groups -OCH3 is 1. The number of aliphatic carboxylic acids is 2. The van der Waals surface area contributed by atoms with E-state index in [2.05, 4.69) is 14.6 Å². The van der Waals surface area contributed by atoms with Crippen LogP contribution in [0, 0.1) is 0 Å². The third-order valence-electron chi connectivity index (χ3n) is 4.88. The maximum atomic E-state index is 12.3. The number of nitrogens with one attached hydrogen (secondary N) is 2. The fourth-order valence-electron chi connectivity index (χ4n) is 2.99. The van der Waals surface area contributed by atoms with Gasteiger partial charge in [-0.3, -0.25) is 0 Å². The molecule has 0 spiro atoms. The van der Waals surface area contributed by atoms with Gasteiger partial charge in [-0.15, -0.1) is 0 Å². The van der Waals surface area contributed by atoms with Gasteiger partial charge in [0.25, 0.3) is 0 Å². The van der Waals surface area contributed by atoms with Gasteiger partial charge in [-0.25, -0.2) is 22.7 Å². The molecule has 1 aromatic heterocycles. The molecule has 0 aliphatic heterocycles. The Morgan fingerprint density at radius 1 is 1.09 bits per heavy atom. The molecule has 4 N–H and O–H groups in total. The molecule has 0 aliphatic rings. The van der Waals surface area contributed by atoms with Crippen molar-refractivity contribution in [2.45, 2.75) is 13.0 Å². The second-order valence-electron chi connectivity index (χ2n) is 7.80. The number of carbonyl (C=O) groups is 2. The number of aromatic nitrogens is 1. The van der Waals surface area contributed by atoms with E-state index in [1.807, 2.05) is 50.6 Å². The lowest BCUT2D eigenvalue weighted by Crippen LogP contribution is -2.20. The zero-order chi connectivity index (χ0) is 26.0. The highest BCUT2D eigenvalue weighted by molar-refractivity contribution is 7.92. The van der Waals surface area contributed by atoms with Gasteiger partial charge in [-0.1, -0.05) is 18.2 Å². The Morgan fingerprint density at radius 3 is 2.31 bits per heavy atom. The number of benzene rings is 2. The molecule has 0 radical (unpaired) electrons. The first kappa shape index (κ1) is 27.6. The molecular formula is C24H29N3O7S. The highest BCUT2D eigenvalue weighted by Gasteiger charge is 2.08. The zero-order valence-corrected chi connectivity index (χ0v) is 20.5. The average molecular weight is 504 g/mol. The first-order valence-electron chi connectivity index (χ1n) is 10.5. The number of fused-ring (bicyclic) bond motifs is 1. The van der Waals surface area contributed by atoms with E-state index in [0.29, 0.717) is 0 Å². The lowest BCUT2D eigenvalue weighted by atomic mass is 10.1. The van der Waals surface area contributed by atoms with Crippen molar-refractivity contribution in [3.05, 3.63) is 70.8 Å². The summed E-state index contributed by atoms with van der Waals surface area (Å²) >= 11 is 0. The number of hydrogen-bond donors (Lipinski definition) is 4. The summed E-state index contributed by atoms with van der Waals surface area (Å²) in [6.07, 6.45) is 4.58. The number of H-pyrrole nitrogens is 1. The van der Waals surface area contributed by atoms with Crippen molar-refractivity contribution < 1.29 is 33.0 Å². The highest BCUT2D eigenvalue weighted by Crippen LogP contribution is 2.21. The van der Waals surface area contributed by atoms with E-state index >= 15 is 0 Å². The molecule has 0 aliphatic carbocycles. The maximum Gasteiger partial charge on any atom is 0.414 e. The number of hydrogen-bond acceptors (Lipinski definition) is 6. The van der Waals surface area contributed by atoms with Crippen LogP contribution in [-0.4, -0.2) is 68.2 Å². The summed E-state index contributed by atoms with van der Waals surface area (Å²) in [5.41, 5.74) is 3.99. The molecule has 35 heavy (non-hydrogen) atoms. The number of sulfonamides is 1. The molecule has 3 rings (SSSR count). The second kappa shape index (κ2) is 12.7. The van der Waals surface area contributed by atoms with Crippen LogP contribution in [-0.2, 0) is 32.6 Å². The molecule has 0 bridgehead atoms. The summed E-state index contributed by atoms with van der Waals surface area (Å²) in [5.74, 6) is -2.91. The van der Waals surface area contributed by atoms with Crippen LogP contribution in [0.1, 0.15) is 16.7 Å². The van der Waals surface area contributed by atoms with Crippen molar-refractivity contribution in [2.75, 3.05) is 27.7 Å². The van der Waals surface area contributed by atoms with Crippen LogP contribution in [0.15, 0.2) is 54.1 Å². The molecule has 0 unspecified atom stereocenters. The molecule has 11 heteroatoms. The van der Waals surface area contributed by atoms with Gasteiger partial charge in [0, 0.05) is 35.6 Å². The quantitative estimate of drug-likeness (QED) is 0.326. The van der Waals surface area contributed by atoms with Crippen LogP contribution in [0.3, 0.4) is 0 Å². The highest BCUT2D eigenvalue weighted by atomic mass is 32.2. The molecule has 188 valence electrons. The normalized spacial score (nSPS) is 11.4. The average Bonchev–Trinajstić information content (AvgIpc) is 3.23. The summed E-state index contributed by atoms with van der Waals surface area (Å²) in [6.45, 7) is 1.18. The van der Waals surface area contributed by atoms with Crippen molar-refractivity contribution in [1.29, 1.82) is 0 Å². The molecule has 0 atom stereocenters. The van der Waals surface area contributed by atoms with E-state index in [9.17, 15) is 8.42 Å². The van der Waals surface area contributed by atoms with Crippen LogP contribution in [0.4, 0.5) is 0 Å². The van der Waals surface area contributed by atoms with Crippen molar-refractivity contribution in [2.24, 2.45) is 0 Å². The van der Waals surface area contributed by atoms with Crippen LogP contribution in [0.25, 0.3) is 17.0 Å². The van der Waals surface area contributed by atoms with Gasteiger partial charge in [0.05, 0.1) is 7.11 Å². The first-order chi connectivity index (χ1) is 16.5. The Balaban J connectivity index is 0.000000641. The second-order valence-corrected chi connectivity index (χ2v) is 9.45. The largest absolute Gasteiger partial charge is 0.497 e. The molecule has 0 fully saturated rings. The molecule has 3 aromatic rings. The third kappa shape index (κ3) is 9.24. The fourth-order valence-corrected chi connectivity index (χ4v) is 3.79. The molecule has 2 aromatic carbocycles. The predicted molar refractivity (Wildman–Crippen MR) is 134 cm³/mol. The Bertz CT molecular complexity index is 1270. The summed E-state index contributed by atoms with van der Waals surface area (Å²) in [6, 6.07) is 13.2. The predicted octanol–water partition coefficient (Wildman–Crippen LogP) is 2.53. The minimum absolute atomic E-state index is 0.224. The lowest BCUT2D eigenvalue weighted by molar-refractivity contribution is -0.159. The van der Waals surface area contributed by atoms with E-state index in [4.69, 9.17) is 24.5 Å². The Morgan fingerprint density at radius 2 is 1.74 bits per heavy atom. The molecule has 0 saturated carbocycles. The van der Waals surface area contributed by atoms with E-state index in [-0.39, 0.29) is 6.54 Å². The minimum Gasteiger partial charge on any atom is -0.497 e. The van der Waals surface area contributed by atoms with Gasteiger partial charge >= 0.3 is 11.9 Å². The van der Waals surface area contributed by atoms with Crippen molar-refractivity contribution in [3.8, 4) is 5.75 Å². The molecular weight excluding hydrogens is 474 g/mol. The fraction of sp³-hybridized carbons (Fsp3) is 0.250. The monoisotopic (exact) mass is 503 g/mol. The minimum atomic E-state index is -3.54. The number of carboxylic acids is 2. The van der Waals surface area contributed by atoms with Gasteiger partial charge < -0.3 is 24.8 Å². The number of aromatic amines is 1. The van der Waals surface area contributed by atoms with Crippen molar-refractivity contribution in [1.82, 2.24) is 14.6 Å². The van der Waals surface area contributed by atoms with Gasteiger partial charge in [0.1, 0.15) is 5.75 Å². The van der Waals surface area contributed by atoms with E-state index < -0.39 is 22.0 Å². The number of likely N-dealkylation sites (N-methyl/N-ethyl adjacent to an activating group) is 1. The molecule has 0 saturated heterocycles. The SMILES string of the molecule is COc1ccc(CNS(=O)(=O)C=Cc2ccc3[nH]cc(CCN(C)C)c3c2)cc1.O=C(O)C(=O)O. The van der Waals surface area contributed by atoms with E-state index in [1.165, 1.54) is 11.0 Å². The summed E-state index contributed by atoms with van der Waals surface area (Å²) in [7, 11) is 2.15. The van der Waals surface area contributed by atoms with Gasteiger partial charge in [0.2, 0.25) is 10.0 Å². The van der Waals surface area contributed by atoms with Crippen molar-refractivity contribution >= 4 is 38.9 Å². The standard InChI is InChI=1S/C22H27N3O3S.C2H2O4/c1-25(2)12-10-19-16-23-22-9-6-17(14-21(19)22)11-13-29(26,27)24-15-18-4-7-20(28-3)8-5-18;3-1(4)2(5)6/h4-9,11,13-14,16,23-24H,10,12,15H2,1-3H3;(H,3,4)(H,5,6). The smallest absolute Gasteiger partial charge is 0.414 e. The maximum absolute atomic E-state index is 12.3. The Labute approximate surface area is 203 Å². The van der Waals surface area contributed by atoms with E-state index in [0.717, 1.165) is 40.7 Å². The van der Waals surface area contributed by atoms with Crippen molar-refractivity contribution in [3.63, 3.8) is 0 Å². The van der Waals surface area contributed by atoms with E-state index in [1.54, 1.807) is 25.3 Å². The zero-order valence-electron chi connectivity index (χ0n) is 19.7.